The van der Waals surface area contributed by atoms with E-state index in [2.05, 4.69) is 0 Å². The minimum atomic E-state index is -6.97. The van der Waals surface area contributed by atoms with Gasteiger partial charge in [-0.25, -0.2) is 0 Å². The zero-order chi connectivity index (χ0) is 27.1. The molecule has 206 valence electrons. The average Bonchev–Trinajstić information content (AvgIpc) is 2.61. The molecule has 0 rings (SSSR count). The highest BCUT2D eigenvalue weighted by Gasteiger charge is 2.81. The summed E-state index contributed by atoms with van der Waals surface area (Å²) in [7, 11) is -8.49. The molecule has 0 saturated heterocycles. The van der Waals surface area contributed by atoms with E-state index in [-0.39, 0.29) is 51.4 Å². The molecular formula is C17H27F9O6S2. The van der Waals surface area contributed by atoms with E-state index in [1.54, 1.807) is 0 Å². The van der Waals surface area contributed by atoms with Crippen molar-refractivity contribution in [2.24, 2.45) is 5.92 Å². The molecule has 0 spiro atoms. The van der Waals surface area contributed by atoms with Crippen molar-refractivity contribution < 1.29 is 65.5 Å². The molecule has 0 aliphatic heterocycles. The fraction of sp³-hybridized carbons (Fsp3) is 1.00. The zero-order valence-electron chi connectivity index (χ0n) is 17.8. The molecule has 17 heteroatoms. The van der Waals surface area contributed by atoms with Crippen molar-refractivity contribution >= 4 is 20.2 Å². The number of unbranched alkanes of at least 4 members (excludes halogenated alkanes) is 4. The first-order valence-electron chi connectivity index (χ1n) is 10.1. The van der Waals surface area contributed by atoms with E-state index in [9.17, 15) is 56.3 Å². The van der Waals surface area contributed by atoms with Gasteiger partial charge in [0.15, 0.2) is 0 Å². The maximum atomic E-state index is 13.8. The molecule has 0 fully saturated rings. The first-order valence-corrected chi connectivity index (χ1v) is 13.4. The van der Waals surface area contributed by atoms with Crippen molar-refractivity contribution in [3.8, 4) is 0 Å². The minimum Gasteiger partial charge on any atom is -0.286 e. The van der Waals surface area contributed by atoms with E-state index in [0.29, 0.717) is 0 Å². The van der Waals surface area contributed by atoms with Crippen LogP contribution in [0.2, 0.25) is 0 Å². The molecule has 0 aromatic carbocycles. The van der Waals surface area contributed by atoms with Crippen LogP contribution >= 0.6 is 0 Å². The fourth-order valence-corrected chi connectivity index (χ4v) is 4.31. The summed E-state index contributed by atoms with van der Waals surface area (Å²) in [6, 6.07) is 0. The van der Waals surface area contributed by atoms with Gasteiger partial charge in [-0.3, -0.25) is 9.11 Å². The Morgan fingerprint density at radius 3 is 1.26 bits per heavy atom. The van der Waals surface area contributed by atoms with Crippen molar-refractivity contribution in [2.45, 2.75) is 88.2 Å². The SMILES string of the molecule is O=S(=O)(O)CCCCCC(CCCCCS(=O)(=O)O)CCC(F)(F)C(F)(F)C(F)(F)C(F)(F)F. The van der Waals surface area contributed by atoms with E-state index < -0.39 is 74.4 Å². The normalized spacial score (nSPS) is 14.7. The maximum Gasteiger partial charge on any atom is 0.460 e. The molecule has 0 atom stereocenters. The predicted molar refractivity (Wildman–Crippen MR) is 103 cm³/mol. The third kappa shape index (κ3) is 11.3. The molecule has 0 amide bonds. The molecule has 0 aromatic heterocycles. The second-order valence-corrected chi connectivity index (χ2v) is 11.2. The average molecular weight is 563 g/mol. The van der Waals surface area contributed by atoms with Crippen molar-refractivity contribution in [1.82, 2.24) is 0 Å². The monoisotopic (exact) mass is 562 g/mol. The second kappa shape index (κ2) is 12.4. The lowest BCUT2D eigenvalue weighted by Crippen LogP contribution is -2.60. The number of halogens is 9. The van der Waals surface area contributed by atoms with Gasteiger partial charge in [0.25, 0.3) is 20.2 Å². The summed E-state index contributed by atoms with van der Waals surface area (Å²) in [4.78, 5) is 0. The van der Waals surface area contributed by atoms with Gasteiger partial charge in [-0.05, 0) is 25.2 Å². The molecule has 0 aliphatic rings. The standard InChI is InChI=1S/C17H27F9O6S2/c18-14(19,15(20,21)16(22,23)17(24,25)26)10-9-13(7-3-1-5-11-33(27,28)29)8-4-2-6-12-34(30,31)32/h13H,1-12H2,(H,27,28,29)(H,30,31,32). The minimum absolute atomic E-state index is 0.0150. The van der Waals surface area contributed by atoms with Gasteiger partial charge in [-0.1, -0.05) is 38.5 Å². The van der Waals surface area contributed by atoms with Crippen LogP contribution in [-0.2, 0) is 20.2 Å². The molecule has 0 aromatic rings. The van der Waals surface area contributed by atoms with Crippen LogP contribution in [0.3, 0.4) is 0 Å². The Morgan fingerprint density at radius 2 is 0.941 bits per heavy atom. The summed E-state index contributed by atoms with van der Waals surface area (Å²) in [5.41, 5.74) is 0. The Hall–Kier alpha value is -0.810. The number of hydrogen-bond acceptors (Lipinski definition) is 4. The Morgan fingerprint density at radius 1 is 0.559 bits per heavy atom. The molecule has 0 radical (unpaired) electrons. The quantitative estimate of drug-likeness (QED) is 0.133. The Balaban J connectivity index is 5.11. The highest BCUT2D eigenvalue weighted by atomic mass is 32.2. The van der Waals surface area contributed by atoms with E-state index in [4.69, 9.17) is 9.11 Å². The maximum absolute atomic E-state index is 13.8. The fourth-order valence-electron chi connectivity index (χ4n) is 3.17. The van der Waals surface area contributed by atoms with Crippen LogP contribution < -0.4 is 0 Å². The molecular weight excluding hydrogens is 535 g/mol. The smallest absolute Gasteiger partial charge is 0.286 e. The molecule has 0 bridgehead atoms. The Kier molecular flexibility index (Phi) is 12.1. The third-order valence-electron chi connectivity index (χ3n) is 5.11. The Labute approximate surface area is 191 Å². The summed E-state index contributed by atoms with van der Waals surface area (Å²) in [6.07, 6.45) is -9.10. The first-order chi connectivity index (χ1) is 15.0. The molecule has 6 nitrogen and oxygen atoms in total. The molecule has 0 aliphatic carbocycles. The van der Waals surface area contributed by atoms with Crippen LogP contribution in [0.5, 0.6) is 0 Å². The van der Waals surface area contributed by atoms with Gasteiger partial charge in [0.2, 0.25) is 0 Å². The van der Waals surface area contributed by atoms with Gasteiger partial charge >= 0.3 is 23.9 Å². The van der Waals surface area contributed by atoms with Crippen LogP contribution in [0.15, 0.2) is 0 Å². The van der Waals surface area contributed by atoms with Gasteiger partial charge in [0, 0.05) is 6.42 Å². The molecule has 0 saturated carbocycles. The molecule has 0 unspecified atom stereocenters. The van der Waals surface area contributed by atoms with E-state index in [0.717, 1.165) is 0 Å². The van der Waals surface area contributed by atoms with E-state index in [1.165, 1.54) is 0 Å². The van der Waals surface area contributed by atoms with Gasteiger partial charge in [-0.15, -0.1) is 0 Å². The van der Waals surface area contributed by atoms with E-state index >= 15 is 0 Å². The highest BCUT2D eigenvalue weighted by Crippen LogP contribution is 2.54. The van der Waals surface area contributed by atoms with Crippen molar-refractivity contribution in [3.63, 3.8) is 0 Å². The largest absolute Gasteiger partial charge is 0.460 e. The van der Waals surface area contributed by atoms with Crippen molar-refractivity contribution in [1.29, 1.82) is 0 Å². The van der Waals surface area contributed by atoms with Gasteiger partial charge in [0.1, 0.15) is 0 Å². The van der Waals surface area contributed by atoms with Crippen molar-refractivity contribution in [2.75, 3.05) is 11.5 Å². The lowest BCUT2D eigenvalue weighted by molar-refractivity contribution is -0.397. The molecule has 34 heavy (non-hydrogen) atoms. The topological polar surface area (TPSA) is 109 Å². The lowest BCUT2D eigenvalue weighted by atomic mass is 9.88. The van der Waals surface area contributed by atoms with E-state index in [1.807, 2.05) is 0 Å². The first kappa shape index (κ1) is 33.2. The summed E-state index contributed by atoms with van der Waals surface area (Å²) in [5, 5.41) is 0. The van der Waals surface area contributed by atoms with Crippen LogP contribution in [0.1, 0.15) is 64.2 Å². The summed E-state index contributed by atoms with van der Waals surface area (Å²) < 4.78 is 177. The lowest BCUT2D eigenvalue weighted by Gasteiger charge is -2.34. The molecule has 2 N–H and O–H groups in total. The highest BCUT2D eigenvalue weighted by molar-refractivity contribution is 7.86. The predicted octanol–water partition coefficient (Wildman–Crippen LogP) is 5.75. The van der Waals surface area contributed by atoms with Gasteiger partial charge < -0.3 is 0 Å². The summed E-state index contributed by atoms with van der Waals surface area (Å²) in [6.45, 7) is 0. The van der Waals surface area contributed by atoms with Crippen LogP contribution in [0.25, 0.3) is 0 Å². The van der Waals surface area contributed by atoms with Gasteiger partial charge in [0.05, 0.1) is 11.5 Å². The summed E-state index contributed by atoms with van der Waals surface area (Å²) >= 11 is 0. The Bertz CT molecular complexity index is 785. The summed E-state index contributed by atoms with van der Waals surface area (Å²) in [5.74, 6) is -21.4. The van der Waals surface area contributed by atoms with Crippen LogP contribution in [0, 0.1) is 5.92 Å². The molecule has 0 heterocycles. The number of hydrogen-bond donors (Lipinski definition) is 2. The zero-order valence-corrected chi connectivity index (χ0v) is 19.4. The van der Waals surface area contributed by atoms with Gasteiger partial charge in [-0.2, -0.15) is 56.3 Å². The number of alkyl halides is 9. The number of rotatable bonds is 17. The van der Waals surface area contributed by atoms with Crippen molar-refractivity contribution in [3.05, 3.63) is 0 Å². The van der Waals surface area contributed by atoms with Crippen LogP contribution in [-0.4, -0.2) is 61.4 Å². The second-order valence-electron chi connectivity index (χ2n) is 8.03. The third-order valence-corrected chi connectivity index (χ3v) is 6.71. The van der Waals surface area contributed by atoms with Crippen LogP contribution in [0.4, 0.5) is 39.5 Å².